The number of amides is 1. The van der Waals surface area contributed by atoms with Gasteiger partial charge in [0.25, 0.3) is 5.56 Å². The summed E-state index contributed by atoms with van der Waals surface area (Å²) in [4.78, 5) is 40.3. The number of H-pyrrole nitrogens is 1. The number of nitrogens with zero attached hydrogens (tertiary/aromatic N) is 3. The number of hydrogen-bond acceptors (Lipinski definition) is 6. The molecule has 3 atom stereocenters. The van der Waals surface area contributed by atoms with Crippen molar-refractivity contribution in [2.75, 3.05) is 13.1 Å². The van der Waals surface area contributed by atoms with E-state index in [1.165, 1.54) is 27.7 Å². The smallest absolute Gasteiger partial charge is 0.439 e. The number of nitrogens with one attached hydrogen (secondary N) is 1. The van der Waals surface area contributed by atoms with E-state index in [9.17, 15) is 23.9 Å². The van der Waals surface area contributed by atoms with Crippen molar-refractivity contribution in [3.8, 4) is 11.4 Å². The van der Waals surface area contributed by atoms with Crippen LogP contribution in [0, 0.1) is 17.2 Å². The van der Waals surface area contributed by atoms with Crippen LogP contribution in [-0.2, 0) is 11.3 Å². The highest BCUT2D eigenvalue weighted by molar-refractivity contribution is 6.30. The molecular formula is C24H26ClFN4O6. The Hall–Kier alpha value is -3.44. The van der Waals surface area contributed by atoms with Crippen LogP contribution in [-0.4, -0.2) is 50.0 Å². The topological polar surface area (TPSA) is 131 Å². The van der Waals surface area contributed by atoms with E-state index >= 15 is 0 Å². The molecule has 10 nitrogen and oxygen atoms in total. The van der Waals surface area contributed by atoms with Crippen LogP contribution in [0.15, 0.2) is 50.6 Å². The number of rotatable bonds is 4. The summed E-state index contributed by atoms with van der Waals surface area (Å²) in [7, 11) is 0. The SMILES string of the molecule is CC(C)(C)C1CN(C(=O)O)C[C@H](Cn2cccc(-c3noc(=O)[nH]3)c2=O)[C@H](c2ccc(Cl)c(F)c2)O1. The fraction of sp³-hybridized carbons (Fsp3) is 0.417. The van der Waals surface area contributed by atoms with Crippen LogP contribution in [0.2, 0.25) is 5.02 Å². The van der Waals surface area contributed by atoms with Crippen molar-refractivity contribution in [1.82, 2.24) is 19.6 Å². The van der Waals surface area contributed by atoms with Gasteiger partial charge >= 0.3 is 11.8 Å². The zero-order valence-corrected chi connectivity index (χ0v) is 20.7. The standard InChI is InChI=1S/C24H26ClFN4O6/c1-24(2,3)18-12-30(23(33)34)11-14(19(35-18)13-6-7-16(25)17(26)9-13)10-29-8-4-5-15(21(29)31)20-27-22(32)36-28-20/h4-9,14,18-19H,10-12H2,1-3H3,(H,33,34)(H,27,28,32)/t14-,18?,19-/m0/s1. The average Bonchev–Trinajstić information content (AvgIpc) is 3.13. The number of halogens is 2. The van der Waals surface area contributed by atoms with E-state index in [0.29, 0.717) is 5.56 Å². The highest BCUT2D eigenvalue weighted by Crippen LogP contribution is 2.38. The van der Waals surface area contributed by atoms with Gasteiger partial charge in [0.2, 0.25) is 0 Å². The number of aromatic amines is 1. The Morgan fingerprint density at radius 1 is 1.28 bits per heavy atom. The number of carbonyl (C=O) groups is 1. The first-order valence-corrected chi connectivity index (χ1v) is 11.7. The van der Waals surface area contributed by atoms with Crippen molar-refractivity contribution in [2.45, 2.75) is 39.5 Å². The molecule has 36 heavy (non-hydrogen) atoms. The molecule has 0 bridgehead atoms. The van der Waals surface area contributed by atoms with E-state index in [0.717, 1.165) is 0 Å². The lowest BCUT2D eigenvalue weighted by Crippen LogP contribution is -2.42. The number of pyridine rings is 1. The lowest BCUT2D eigenvalue weighted by Gasteiger charge is -2.34. The Labute approximate surface area is 210 Å². The van der Waals surface area contributed by atoms with Crippen LogP contribution >= 0.6 is 11.6 Å². The summed E-state index contributed by atoms with van der Waals surface area (Å²) in [6.07, 6.45) is -0.832. The normalized spacial score (nSPS) is 20.8. The van der Waals surface area contributed by atoms with Crippen LogP contribution < -0.4 is 11.3 Å². The predicted molar refractivity (Wildman–Crippen MR) is 128 cm³/mol. The maximum atomic E-state index is 14.4. The van der Waals surface area contributed by atoms with Crippen LogP contribution in [0.3, 0.4) is 0 Å². The van der Waals surface area contributed by atoms with Gasteiger partial charge in [-0.3, -0.25) is 14.3 Å². The molecule has 192 valence electrons. The maximum Gasteiger partial charge on any atom is 0.439 e. The van der Waals surface area contributed by atoms with Crippen LogP contribution in [0.25, 0.3) is 11.4 Å². The monoisotopic (exact) mass is 520 g/mol. The molecule has 1 saturated heterocycles. The van der Waals surface area contributed by atoms with Crippen molar-refractivity contribution < 1.29 is 23.6 Å². The van der Waals surface area contributed by atoms with E-state index < -0.39 is 46.8 Å². The van der Waals surface area contributed by atoms with Crippen molar-refractivity contribution in [1.29, 1.82) is 0 Å². The summed E-state index contributed by atoms with van der Waals surface area (Å²) in [5, 5.41) is 13.4. The third-order valence-corrected chi connectivity index (χ3v) is 6.54. The molecule has 1 aliphatic rings. The first-order valence-electron chi connectivity index (χ1n) is 11.3. The average molecular weight is 521 g/mol. The number of benzene rings is 1. The molecule has 0 saturated carbocycles. The molecule has 2 N–H and O–H groups in total. The molecule has 1 amide bonds. The molecule has 1 aliphatic heterocycles. The molecule has 1 fully saturated rings. The number of hydrogen-bond donors (Lipinski definition) is 2. The summed E-state index contributed by atoms with van der Waals surface area (Å²) in [6, 6.07) is 7.42. The van der Waals surface area contributed by atoms with Gasteiger partial charge in [0, 0.05) is 25.2 Å². The van der Waals surface area contributed by atoms with Crippen LogP contribution in [0.5, 0.6) is 0 Å². The molecule has 2 aromatic heterocycles. The highest BCUT2D eigenvalue weighted by atomic mass is 35.5. The zero-order valence-electron chi connectivity index (χ0n) is 19.9. The number of carboxylic acid groups (broad SMARTS) is 1. The van der Waals surface area contributed by atoms with Gasteiger partial charge in [0.05, 0.1) is 29.3 Å². The molecule has 1 aromatic carbocycles. The van der Waals surface area contributed by atoms with Crippen molar-refractivity contribution in [2.24, 2.45) is 11.3 Å². The van der Waals surface area contributed by atoms with Crippen molar-refractivity contribution in [3.05, 3.63) is 73.8 Å². The molecule has 1 unspecified atom stereocenters. The molecule has 0 aliphatic carbocycles. The summed E-state index contributed by atoms with van der Waals surface area (Å²) in [5.41, 5.74) is -0.314. The van der Waals surface area contributed by atoms with Gasteiger partial charge in [-0.15, -0.1) is 0 Å². The van der Waals surface area contributed by atoms with Gasteiger partial charge < -0.3 is 19.3 Å². The minimum atomic E-state index is -1.12. The fourth-order valence-corrected chi connectivity index (χ4v) is 4.39. The second-order valence-electron chi connectivity index (χ2n) is 9.86. The van der Waals surface area contributed by atoms with E-state index in [1.54, 1.807) is 18.3 Å². The summed E-state index contributed by atoms with van der Waals surface area (Å²) in [5.74, 6) is -2.02. The van der Waals surface area contributed by atoms with Crippen LogP contribution in [0.1, 0.15) is 32.4 Å². The minimum absolute atomic E-state index is 0.0206. The van der Waals surface area contributed by atoms with E-state index in [4.69, 9.17) is 16.3 Å². The molecule has 0 radical (unpaired) electrons. The molecule has 3 aromatic rings. The van der Waals surface area contributed by atoms with Gasteiger partial charge in [-0.25, -0.2) is 14.0 Å². The third kappa shape index (κ3) is 5.36. The quantitative estimate of drug-likeness (QED) is 0.535. The second-order valence-corrected chi connectivity index (χ2v) is 10.3. The lowest BCUT2D eigenvalue weighted by atomic mass is 9.88. The number of ether oxygens (including phenoxy) is 1. The predicted octanol–water partition coefficient (Wildman–Crippen LogP) is 3.77. The third-order valence-electron chi connectivity index (χ3n) is 6.24. The van der Waals surface area contributed by atoms with Gasteiger partial charge in [-0.05, 0) is 35.2 Å². The zero-order chi connectivity index (χ0) is 26.2. The van der Waals surface area contributed by atoms with Gasteiger partial charge in [0.1, 0.15) is 5.82 Å². The van der Waals surface area contributed by atoms with Crippen molar-refractivity contribution >= 4 is 17.7 Å². The summed E-state index contributed by atoms with van der Waals surface area (Å²) >= 11 is 5.90. The highest BCUT2D eigenvalue weighted by Gasteiger charge is 2.40. The van der Waals surface area contributed by atoms with Crippen molar-refractivity contribution in [3.63, 3.8) is 0 Å². The Morgan fingerprint density at radius 3 is 2.64 bits per heavy atom. The van der Waals surface area contributed by atoms with Gasteiger partial charge in [-0.2, -0.15) is 0 Å². The summed E-state index contributed by atoms with van der Waals surface area (Å²) in [6.45, 7) is 5.99. The Kier molecular flexibility index (Phi) is 7.05. The van der Waals surface area contributed by atoms with E-state index in [-0.39, 0.29) is 36.0 Å². The Morgan fingerprint density at radius 2 is 2.03 bits per heavy atom. The largest absolute Gasteiger partial charge is 0.465 e. The Balaban J connectivity index is 1.78. The lowest BCUT2D eigenvalue weighted by molar-refractivity contribution is -0.0789. The second kappa shape index (κ2) is 9.90. The van der Waals surface area contributed by atoms with Crippen LogP contribution in [0.4, 0.5) is 9.18 Å². The first kappa shape index (κ1) is 25.6. The first-order chi connectivity index (χ1) is 16.9. The molecule has 12 heteroatoms. The molecule has 0 spiro atoms. The maximum absolute atomic E-state index is 14.4. The van der Waals surface area contributed by atoms with Gasteiger partial charge in [-0.1, -0.05) is 43.6 Å². The molecule has 4 rings (SSSR count). The molecular weight excluding hydrogens is 495 g/mol. The minimum Gasteiger partial charge on any atom is -0.465 e. The summed E-state index contributed by atoms with van der Waals surface area (Å²) < 4.78 is 26.8. The number of aromatic nitrogens is 3. The Bertz CT molecular complexity index is 1380. The van der Waals surface area contributed by atoms with E-state index in [1.807, 2.05) is 20.8 Å². The van der Waals surface area contributed by atoms with E-state index in [2.05, 4.69) is 14.7 Å². The van der Waals surface area contributed by atoms with Gasteiger partial charge in [0.15, 0.2) is 5.82 Å². The fourth-order valence-electron chi connectivity index (χ4n) is 4.27. The molecule has 3 heterocycles.